The lowest BCUT2D eigenvalue weighted by Crippen LogP contribution is -2.51. The fourth-order valence-corrected chi connectivity index (χ4v) is 3.26. The van der Waals surface area contributed by atoms with Crippen LogP contribution in [0.1, 0.15) is 17.5 Å². The fourth-order valence-electron chi connectivity index (χ4n) is 2.12. The number of hydrogen-bond acceptors (Lipinski definition) is 4. The van der Waals surface area contributed by atoms with Gasteiger partial charge < -0.3 is 15.7 Å². The highest BCUT2D eigenvalue weighted by molar-refractivity contribution is 8.00. The number of anilines is 1. The van der Waals surface area contributed by atoms with E-state index in [4.69, 9.17) is 5.11 Å². The van der Waals surface area contributed by atoms with Gasteiger partial charge in [-0.3, -0.25) is 9.59 Å². The molecule has 1 saturated heterocycles. The predicted octanol–water partition coefficient (Wildman–Crippen LogP) is 1.32. The van der Waals surface area contributed by atoms with Crippen molar-refractivity contribution in [2.45, 2.75) is 31.6 Å². The van der Waals surface area contributed by atoms with Gasteiger partial charge in [-0.15, -0.1) is 11.8 Å². The van der Waals surface area contributed by atoms with Crippen LogP contribution in [0.3, 0.4) is 0 Å². The molecular weight excluding hydrogens is 304 g/mol. The third-order valence-corrected chi connectivity index (χ3v) is 4.72. The number of hydrogen-bond donors (Lipinski definition) is 3. The molecule has 7 heteroatoms. The van der Waals surface area contributed by atoms with Gasteiger partial charge in [0, 0.05) is 17.9 Å². The summed E-state index contributed by atoms with van der Waals surface area (Å²) in [6.07, 6.45) is 0.0240. The van der Waals surface area contributed by atoms with Crippen LogP contribution in [0.25, 0.3) is 0 Å². The normalized spacial score (nSPS) is 21.1. The Balaban J connectivity index is 1.94. The molecule has 2 rings (SSSR count). The van der Waals surface area contributed by atoms with Crippen LogP contribution < -0.4 is 10.6 Å². The zero-order valence-electron chi connectivity index (χ0n) is 12.4. The zero-order chi connectivity index (χ0) is 16.3. The first-order chi connectivity index (χ1) is 10.4. The Morgan fingerprint density at radius 2 is 2.14 bits per heavy atom. The van der Waals surface area contributed by atoms with Crippen molar-refractivity contribution in [2.75, 3.05) is 11.1 Å². The number of carboxylic acids is 1. The smallest absolute Gasteiger partial charge is 0.327 e. The van der Waals surface area contributed by atoms with E-state index in [1.54, 1.807) is 0 Å². The molecule has 1 aromatic rings. The molecule has 0 saturated carbocycles. The van der Waals surface area contributed by atoms with Crippen molar-refractivity contribution in [3.05, 3.63) is 29.3 Å². The molecule has 1 fully saturated rings. The minimum Gasteiger partial charge on any atom is -0.480 e. The second-order valence-electron chi connectivity index (χ2n) is 5.29. The highest BCUT2D eigenvalue weighted by Gasteiger charge is 2.33. The fraction of sp³-hybridized carbons (Fsp3) is 0.400. The van der Waals surface area contributed by atoms with Crippen LogP contribution in [0.15, 0.2) is 18.2 Å². The van der Waals surface area contributed by atoms with Crippen LogP contribution in [-0.2, 0) is 14.4 Å². The van der Waals surface area contributed by atoms with Crippen LogP contribution in [-0.4, -0.2) is 39.9 Å². The van der Waals surface area contributed by atoms with Crippen molar-refractivity contribution in [1.82, 2.24) is 5.32 Å². The molecule has 3 N–H and O–H groups in total. The van der Waals surface area contributed by atoms with Gasteiger partial charge in [0.05, 0.1) is 5.25 Å². The monoisotopic (exact) mass is 322 g/mol. The van der Waals surface area contributed by atoms with Crippen molar-refractivity contribution < 1.29 is 19.5 Å². The minimum absolute atomic E-state index is 0.0240. The van der Waals surface area contributed by atoms with Crippen molar-refractivity contribution in [3.63, 3.8) is 0 Å². The van der Waals surface area contributed by atoms with Crippen LogP contribution >= 0.6 is 11.8 Å². The third kappa shape index (κ3) is 4.00. The van der Waals surface area contributed by atoms with Gasteiger partial charge in [0.25, 0.3) is 0 Å². The summed E-state index contributed by atoms with van der Waals surface area (Å²) in [7, 11) is 0. The molecule has 6 nitrogen and oxygen atoms in total. The first-order valence-electron chi connectivity index (χ1n) is 6.88. The molecule has 1 aliphatic rings. The molecule has 1 heterocycles. The Morgan fingerprint density at radius 3 is 2.77 bits per heavy atom. The van der Waals surface area contributed by atoms with Crippen molar-refractivity contribution >= 4 is 35.2 Å². The maximum atomic E-state index is 12.1. The van der Waals surface area contributed by atoms with E-state index in [1.807, 2.05) is 32.0 Å². The zero-order valence-corrected chi connectivity index (χ0v) is 13.2. The van der Waals surface area contributed by atoms with E-state index in [2.05, 4.69) is 10.6 Å². The van der Waals surface area contributed by atoms with Crippen molar-refractivity contribution in [1.29, 1.82) is 0 Å². The van der Waals surface area contributed by atoms with E-state index < -0.39 is 23.2 Å². The number of amides is 2. The minimum atomic E-state index is -1.06. The number of benzene rings is 1. The van der Waals surface area contributed by atoms with E-state index >= 15 is 0 Å². The number of aryl methyl sites for hydroxylation is 2. The van der Waals surface area contributed by atoms with E-state index in [-0.39, 0.29) is 18.1 Å². The molecule has 1 aliphatic heterocycles. The largest absolute Gasteiger partial charge is 0.480 e. The third-order valence-electron chi connectivity index (χ3n) is 3.41. The van der Waals surface area contributed by atoms with E-state index in [0.29, 0.717) is 0 Å². The quantitative estimate of drug-likeness (QED) is 0.777. The molecule has 0 unspecified atom stereocenters. The molecule has 1 aromatic carbocycles. The SMILES string of the molecule is Cc1ccc(C)c(NC(=O)C[C@H]2SC[C@@H](C(=O)O)NC2=O)c1. The number of carbonyl (C=O) groups is 3. The van der Waals surface area contributed by atoms with Gasteiger partial charge in [-0.25, -0.2) is 4.79 Å². The van der Waals surface area contributed by atoms with Crippen LogP contribution in [0.4, 0.5) is 5.69 Å². The standard InChI is InChI=1S/C15H18N2O4S/c1-8-3-4-9(2)10(5-8)16-13(18)6-12-14(19)17-11(7-22-12)15(20)21/h3-5,11-12H,6-7H2,1-2H3,(H,16,18)(H,17,19)(H,20,21)/t11-,12+/m0/s1. The van der Waals surface area contributed by atoms with Gasteiger partial charge in [-0.2, -0.15) is 0 Å². The average molecular weight is 322 g/mol. The molecule has 2 amide bonds. The number of carbonyl (C=O) groups excluding carboxylic acids is 2. The van der Waals surface area contributed by atoms with Crippen LogP contribution in [0, 0.1) is 13.8 Å². The molecule has 22 heavy (non-hydrogen) atoms. The molecule has 0 radical (unpaired) electrons. The Morgan fingerprint density at radius 1 is 1.41 bits per heavy atom. The first-order valence-corrected chi connectivity index (χ1v) is 7.93. The van der Waals surface area contributed by atoms with Gasteiger partial charge in [-0.1, -0.05) is 12.1 Å². The van der Waals surface area contributed by atoms with E-state index in [0.717, 1.165) is 16.8 Å². The summed E-state index contributed by atoms with van der Waals surface area (Å²) in [4.78, 5) is 34.8. The Labute approximate surface area is 132 Å². The van der Waals surface area contributed by atoms with E-state index in [9.17, 15) is 14.4 Å². The molecular formula is C15H18N2O4S. The summed E-state index contributed by atoms with van der Waals surface area (Å²) in [5.74, 6) is -1.45. The van der Waals surface area contributed by atoms with Crippen LogP contribution in [0.5, 0.6) is 0 Å². The maximum absolute atomic E-state index is 12.1. The average Bonchev–Trinajstić information content (AvgIpc) is 2.45. The molecule has 118 valence electrons. The summed E-state index contributed by atoms with van der Waals surface area (Å²) in [6, 6.07) is 4.88. The summed E-state index contributed by atoms with van der Waals surface area (Å²) in [6.45, 7) is 3.83. The van der Waals surface area contributed by atoms with Crippen molar-refractivity contribution in [3.8, 4) is 0 Å². The van der Waals surface area contributed by atoms with Gasteiger partial charge in [-0.05, 0) is 31.0 Å². The molecule has 0 bridgehead atoms. The molecule has 2 atom stereocenters. The van der Waals surface area contributed by atoms with Crippen LogP contribution in [0.2, 0.25) is 0 Å². The van der Waals surface area contributed by atoms with E-state index in [1.165, 1.54) is 11.8 Å². The first kappa shape index (κ1) is 16.4. The highest BCUT2D eigenvalue weighted by Crippen LogP contribution is 2.23. The lowest BCUT2D eigenvalue weighted by atomic mass is 10.1. The van der Waals surface area contributed by atoms with Gasteiger partial charge >= 0.3 is 5.97 Å². The summed E-state index contributed by atoms with van der Waals surface area (Å²) >= 11 is 1.20. The lowest BCUT2D eigenvalue weighted by Gasteiger charge is -2.25. The number of thioether (sulfide) groups is 1. The summed E-state index contributed by atoms with van der Waals surface area (Å²) in [5, 5.41) is 13.5. The lowest BCUT2D eigenvalue weighted by molar-refractivity contribution is -0.141. The second kappa shape index (κ2) is 6.83. The summed E-state index contributed by atoms with van der Waals surface area (Å²) < 4.78 is 0. The number of aliphatic carboxylic acids is 1. The molecule has 0 aliphatic carbocycles. The Kier molecular flexibility index (Phi) is 5.07. The molecule has 0 spiro atoms. The Hall–Kier alpha value is -2.02. The molecule has 0 aromatic heterocycles. The Bertz CT molecular complexity index is 618. The number of nitrogens with one attached hydrogen (secondary N) is 2. The topological polar surface area (TPSA) is 95.5 Å². The van der Waals surface area contributed by atoms with Gasteiger partial charge in [0.1, 0.15) is 6.04 Å². The number of carboxylic acid groups (broad SMARTS) is 1. The summed E-state index contributed by atoms with van der Waals surface area (Å²) in [5.41, 5.74) is 2.72. The number of rotatable bonds is 4. The maximum Gasteiger partial charge on any atom is 0.327 e. The highest BCUT2D eigenvalue weighted by atomic mass is 32.2. The predicted molar refractivity (Wildman–Crippen MR) is 85.0 cm³/mol. The van der Waals surface area contributed by atoms with Gasteiger partial charge in [0.15, 0.2) is 0 Å². The van der Waals surface area contributed by atoms with Crippen molar-refractivity contribution in [2.24, 2.45) is 0 Å². The second-order valence-corrected chi connectivity index (χ2v) is 6.53. The van der Waals surface area contributed by atoms with Gasteiger partial charge in [0.2, 0.25) is 11.8 Å².